The number of quaternary nitrogens is 1. The number of hydrogen-bond donors (Lipinski definition) is 2. The maximum Gasteiger partial charge on any atom is 0.189 e. The minimum absolute atomic E-state index is 0.0709. The van der Waals surface area contributed by atoms with Gasteiger partial charge in [0.25, 0.3) is 0 Å². The first kappa shape index (κ1) is 20.8. The molecule has 0 aromatic heterocycles. The van der Waals surface area contributed by atoms with Crippen molar-refractivity contribution in [3.05, 3.63) is 47.0 Å². The average Bonchev–Trinajstić information content (AvgIpc) is 2.72. The minimum Gasteiger partial charge on any atom is -0.329 e. The third-order valence-electron chi connectivity index (χ3n) is 6.69. The zero-order valence-electron chi connectivity index (χ0n) is 17.5. The molecule has 5 nitrogen and oxygen atoms in total. The lowest BCUT2D eigenvalue weighted by Gasteiger charge is -2.47. The van der Waals surface area contributed by atoms with Gasteiger partial charge in [-0.1, -0.05) is 38.1 Å². The molecule has 0 amide bonds. The van der Waals surface area contributed by atoms with E-state index in [2.05, 4.69) is 64.1 Å². The number of hydrogen-bond acceptors (Lipinski definition) is 4. The lowest BCUT2D eigenvalue weighted by molar-refractivity contribution is -0.920. The van der Waals surface area contributed by atoms with Crippen LogP contribution in [0.15, 0.2) is 35.9 Å². The number of nitrogens with zero attached hydrogens (tertiary/aromatic N) is 3. The van der Waals surface area contributed by atoms with Gasteiger partial charge in [-0.05, 0) is 42.5 Å². The zero-order chi connectivity index (χ0) is 21.3. The highest BCUT2D eigenvalue weighted by Gasteiger charge is 2.58. The van der Waals surface area contributed by atoms with Crippen molar-refractivity contribution in [2.75, 3.05) is 13.1 Å². The van der Waals surface area contributed by atoms with Crippen molar-refractivity contribution in [2.24, 2.45) is 17.3 Å². The molecule has 29 heavy (non-hydrogen) atoms. The van der Waals surface area contributed by atoms with Gasteiger partial charge in [-0.25, -0.2) is 0 Å². The molecule has 0 saturated heterocycles. The molecule has 0 spiro atoms. The van der Waals surface area contributed by atoms with Crippen LogP contribution >= 0.6 is 0 Å². The first-order chi connectivity index (χ1) is 13.8. The van der Waals surface area contributed by atoms with E-state index in [1.165, 1.54) is 10.5 Å². The lowest BCUT2D eigenvalue weighted by atomic mass is 9.54. The summed E-state index contributed by atoms with van der Waals surface area (Å²) in [6.45, 7) is 10.1. The Morgan fingerprint density at radius 3 is 2.17 bits per heavy atom. The predicted octanol–water partition coefficient (Wildman–Crippen LogP) is 2.95. The summed E-state index contributed by atoms with van der Waals surface area (Å²) in [5.74, 6) is -0.959. The summed E-state index contributed by atoms with van der Waals surface area (Å²) in [5.41, 5.74) is 1.32. The molecule has 0 bridgehead atoms. The second-order valence-corrected chi connectivity index (χ2v) is 8.84. The Balaban J connectivity index is 2.20. The molecule has 1 aromatic carbocycles. The largest absolute Gasteiger partial charge is 0.329 e. The summed E-state index contributed by atoms with van der Waals surface area (Å²) in [6, 6.07) is 15.1. The van der Waals surface area contributed by atoms with Gasteiger partial charge < -0.3 is 10.3 Å². The fourth-order valence-corrected chi connectivity index (χ4v) is 4.86. The Morgan fingerprint density at radius 2 is 1.69 bits per heavy atom. The van der Waals surface area contributed by atoms with E-state index in [1.807, 2.05) is 12.1 Å². The molecule has 4 atom stereocenters. The van der Waals surface area contributed by atoms with Crippen LogP contribution in [0.3, 0.4) is 0 Å². The minimum atomic E-state index is -1.62. The summed E-state index contributed by atoms with van der Waals surface area (Å²) >= 11 is 0. The second-order valence-electron chi connectivity index (χ2n) is 8.84. The Labute approximate surface area is 173 Å². The molecule has 1 saturated carbocycles. The zero-order valence-corrected chi connectivity index (χ0v) is 17.5. The monoisotopic (exact) mass is 386 g/mol. The van der Waals surface area contributed by atoms with Gasteiger partial charge in [0.1, 0.15) is 5.92 Å². The van der Waals surface area contributed by atoms with E-state index in [4.69, 9.17) is 5.41 Å². The maximum absolute atomic E-state index is 10.1. The van der Waals surface area contributed by atoms with Gasteiger partial charge in [-0.15, -0.1) is 0 Å². The fraction of sp³-hybridized carbons (Fsp3) is 0.500. The molecule has 1 aliphatic carbocycles. The van der Waals surface area contributed by atoms with Crippen LogP contribution in [0.1, 0.15) is 50.7 Å². The molecule has 148 valence electrons. The van der Waals surface area contributed by atoms with Gasteiger partial charge >= 0.3 is 0 Å². The van der Waals surface area contributed by atoms with E-state index in [-0.39, 0.29) is 11.6 Å². The number of benzene rings is 1. The van der Waals surface area contributed by atoms with E-state index in [0.717, 1.165) is 24.2 Å². The smallest absolute Gasteiger partial charge is 0.189 e. The molecular formula is C24H28N5+. The standard InChI is InChI=1S/C24H27N5/c1-15(2)17-5-7-18(8-6-17)22-21-12-29(16(3)4)10-9-19(21)20(11-25)23(28)24(22,13-26)14-27/h5-9,15-16,20-22,28H,10,12H2,1-4H3/p+1/t20-,21-,22-/m0/s1. The lowest BCUT2D eigenvalue weighted by Crippen LogP contribution is -3.16. The van der Waals surface area contributed by atoms with Crippen LogP contribution in [0.5, 0.6) is 0 Å². The molecule has 2 N–H and O–H groups in total. The van der Waals surface area contributed by atoms with Crippen LogP contribution in [0.25, 0.3) is 0 Å². The number of rotatable bonds is 3. The Kier molecular flexibility index (Phi) is 5.61. The molecule has 5 heteroatoms. The Morgan fingerprint density at radius 1 is 1.07 bits per heavy atom. The molecule has 0 radical (unpaired) electrons. The first-order valence-electron chi connectivity index (χ1n) is 10.3. The van der Waals surface area contributed by atoms with Crippen LogP contribution in [0.4, 0.5) is 0 Å². The van der Waals surface area contributed by atoms with Crippen molar-refractivity contribution in [2.45, 2.75) is 45.6 Å². The van der Waals surface area contributed by atoms with E-state index in [9.17, 15) is 15.8 Å². The van der Waals surface area contributed by atoms with Gasteiger partial charge in [0.05, 0.1) is 43.1 Å². The van der Waals surface area contributed by atoms with Crippen LogP contribution in [0.2, 0.25) is 0 Å². The van der Waals surface area contributed by atoms with Crippen molar-refractivity contribution in [3.8, 4) is 18.2 Å². The van der Waals surface area contributed by atoms with Gasteiger partial charge in [0, 0.05) is 11.8 Å². The highest BCUT2D eigenvalue weighted by molar-refractivity contribution is 6.00. The van der Waals surface area contributed by atoms with Crippen LogP contribution in [-0.2, 0) is 0 Å². The van der Waals surface area contributed by atoms with Crippen LogP contribution in [-0.4, -0.2) is 24.8 Å². The van der Waals surface area contributed by atoms with Gasteiger partial charge in [0.15, 0.2) is 5.41 Å². The maximum atomic E-state index is 10.1. The van der Waals surface area contributed by atoms with Crippen molar-refractivity contribution in [3.63, 3.8) is 0 Å². The van der Waals surface area contributed by atoms with Crippen molar-refractivity contribution in [1.29, 1.82) is 21.2 Å². The van der Waals surface area contributed by atoms with E-state index in [0.29, 0.717) is 12.0 Å². The molecule has 1 aromatic rings. The normalized spacial score (nSPS) is 28.1. The second kappa shape index (κ2) is 7.82. The number of fused-ring (bicyclic) bond motifs is 1. The first-order valence-corrected chi connectivity index (χ1v) is 10.3. The van der Waals surface area contributed by atoms with Gasteiger partial charge in [0.2, 0.25) is 0 Å². The number of nitriles is 3. The molecule has 1 heterocycles. The van der Waals surface area contributed by atoms with E-state index in [1.54, 1.807) is 0 Å². The van der Waals surface area contributed by atoms with Crippen LogP contribution in [0, 0.1) is 56.7 Å². The van der Waals surface area contributed by atoms with Crippen molar-refractivity contribution < 1.29 is 4.90 Å². The summed E-state index contributed by atoms with van der Waals surface area (Å²) in [5, 5.41) is 38.7. The summed E-state index contributed by atoms with van der Waals surface area (Å²) in [7, 11) is 0. The third-order valence-corrected chi connectivity index (χ3v) is 6.69. The third kappa shape index (κ3) is 3.25. The SMILES string of the molecule is CC(C)c1ccc([C@H]2[C@H]3C[NH+](C(C)C)CC=C3[C@H](C#N)C(=N)C2(C#N)C#N)cc1. The highest BCUT2D eigenvalue weighted by Crippen LogP contribution is 2.52. The Hall–Kier alpha value is -2.94. The topological polar surface area (TPSA) is 99.7 Å². The summed E-state index contributed by atoms with van der Waals surface area (Å²) in [6.07, 6.45) is 2.08. The molecule has 1 aliphatic heterocycles. The number of nitrogens with one attached hydrogen (secondary N) is 2. The van der Waals surface area contributed by atoms with Crippen LogP contribution < -0.4 is 4.90 Å². The van der Waals surface area contributed by atoms with E-state index < -0.39 is 17.3 Å². The molecular weight excluding hydrogens is 358 g/mol. The average molecular weight is 387 g/mol. The van der Waals surface area contributed by atoms with Crippen molar-refractivity contribution >= 4 is 5.71 Å². The highest BCUT2D eigenvalue weighted by atomic mass is 15.2. The predicted molar refractivity (Wildman–Crippen MR) is 111 cm³/mol. The fourth-order valence-electron chi connectivity index (χ4n) is 4.86. The molecule has 1 unspecified atom stereocenters. The van der Waals surface area contributed by atoms with Gasteiger partial charge in [-0.3, -0.25) is 0 Å². The summed E-state index contributed by atoms with van der Waals surface area (Å²) < 4.78 is 0. The van der Waals surface area contributed by atoms with E-state index >= 15 is 0 Å². The molecule has 1 fully saturated rings. The van der Waals surface area contributed by atoms with Crippen molar-refractivity contribution in [1.82, 2.24) is 0 Å². The summed E-state index contributed by atoms with van der Waals surface area (Å²) in [4.78, 5) is 1.37. The quantitative estimate of drug-likeness (QED) is 0.781. The Bertz CT molecular complexity index is 935. The molecule has 2 aliphatic rings. The van der Waals surface area contributed by atoms with Gasteiger partial charge in [-0.2, -0.15) is 15.8 Å². The molecule has 3 rings (SSSR count).